The Labute approximate surface area is 165 Å². The smallest absolute Gasteiger partial charge is 0.257 e. The fraction of sp³-hybridized carbons (Fsp3) is 0.304. The first-order chi connectivity index (χ1) is 13.5. The number of carbonyl (C=O) groups is 1. The average molecular weight is 375 g/mol. The molecule has 2 aromatic carbocycles. The molecule has 1 unspecified atom stereocenters. The maximum absolute atomic E-state index is 13.4. The van der Waals surface area contributed by atoms with Crippen LogP contribution in [-0.2, 0) is 4.74 Å². The Bertz CT molecular complexity index is 994. The van der Waals surface area contributed by atoms with E-state index < -0.39 is 0 Å². The summed E-state index contributed by atoms with van der Waals surface area (Å²) in [5, 5.41) is 4.79. The minimum absolute atomic E-state index is 0.00515. The molecule has 0 spiro atoms. The molecule has 4 rings (SSSR count). The van der Waals surface area contributed by atoms with Gasteiger partial charge >= 0.3 is 0 Å². The Morgan fingerprint density at radius 3 is 2.61 bits per heavy atom. The van der Waals surface area contributed by atoms with Crippen molar-refractivity contribution in [3.8, 4) is 16.9 Å². The number of aromatic nitrogens is 2. The van der Waals surface area contributed by atoms with Crippen LogP contribution >= 0.6 is 0 Å². The molecule has 0 saturated carbocycles. The zero-order chi connectivity index (χ0) is 19.7. The van der Waals surface area contributed by atoms with Gasteiger partial charge in [0, 0.05) is 24.8 Å². The summed E-state index contributed by atoms with van der Waals surface area (Å²) in [6, 6.07) is 16.1. The molecule has 0 radical (unpaired) electrons. The maximum atomic E-state index is 13.4. The number of carbonyl (C=O) groups excluding carboxylic acids is 1. The normalized spacial score (nSPS) is 17.0. The van der Waals surface area contributed by atoms with Crippen molar-refractivity contribution in [3.05, 3.63) is 71.4 Å². The zero-order valence-electron chi connectivity index (χ0n) is 16.6. The Morgan fingerprint density at radius 2 is 1.89 bits per heavy atom. The number of rotatable bonds is 3. The number of para-hydroxylation sites is 1. The van der Waals surface area contributed by atoms with Gasteiger partial charge in [-0.1, -0.05) is 30.3 Å². The first-order valence-corrected chi connectivity index (χ1v) is 9.66. The molecular weight excluding hydrogens is 350 g/mol. The van der Waals surface area contributed by atoms with E-state index in [4.69, 9.17) is 9.84 Å². The number of hydrogen-bond acceptors (Lipinski definition) is 3. The molecule has 0 aliphatic carbocycles. The topological polar surface area (TPSA) is 47.4 Å². The second-order valence-corrected chi connectivity index (χ2v) is 7.40. The minimum Gasteiger partial charge on any atom is -0.375 e. The summed E-state index contributed by atoms with van der Waals surface area (Å²) in [4.78, 5) is 15.2. The van der Waals surface area contributed by atoms with E-state index >= 15 is 0 Å². The molecule has 3 aromatic rings. The van der Waals surface area contributed by atoms with Gasteiger partial charge in [0.2, 0.25) is 0 Å². The van der Waals surface area contributed by atoms with Gasteiger partial charge in [-0.15, -0.1) is 0 Å². The van der Waals surface area contributed by atoms with E-state index in [0.717, 1.165) is 16.9 Å². The molecule has 0 N–H and O–H groups in total. The van der Waals surface area contributed by atoms with Crippen LogP contribution in [0.3, 0.4) is 0 Å². The lowest BCUT2D eigenvalue weighted by molar-refractivity contribution is -0.0123. The Hall–Kier alpha value is -2.92. The van der Waals surface area contributed by atoms with Crippen LogP contribution < -0.4 is 0 Å². The SMILES string of the molecule is Cc1ccc(-c2nn(-c3ccccc3)cc2C(=O)N2CCOC(C)C2)cc1C. The molecule has 1 aromatic heterocycles. The first kappa shape index (κ1) is 18.4. The van der Waals surface area contributed by atoms with Gasteiger partial charge in [-0.25, -0.2) is 4.68 Å². The molecule has 1 aliphatic heterocycles. The number of aryl methyl sites for hydroxylation is 2. The van der Waals surface area contributed by atoms with Gasteiger partial charge in [-0.2, -0.15) is 5.10 Å². The summed E-state index contributed by atoms with van der Waals surface area (Å²) < 4.78 is 7.39. The minimum atomic E-state index is 0.00515. The Balaban J connectivity index is 1.80. The highest BCUT2D eigenvalue weighted by atomic mass is 16.5. The van der Waals surface area contributed by atoms with E-state index in [9.17, 15) is 4.79 Å². The maximum Gasteiger partial charge on any atom is 0.257 e. The number of ether oxygens (including phenoxy) is 1. The van der Waals surface area contributed by atoms with E-state index in [1.165, 1.54) is 11.1 Å². The molecule has 0 bridgehead atoms. The van der Waals surface area contributed by atoms with E-state index in [1.807, 2.05) is 54.4 Å². The highest BCUT2D eigenvalue weighted by molar-refractivity contribution is 6.00. The third-order valence-electron chi connectivity index (χ3n) is 5.27. The number of morpholine rings is 1. The van der Waals surface area contributed by atoms with Gasteiger partial charge in [-0.05, 0) is 50.1 Å². The van der Waals surface area contributed by atoms with Crippen LogP contribution in [0.4, 0.5) is 0 Å². The molecule has 28 heavy (non-hydrogen) atoms. The third kappa shape index (κ3) is 3.58. The first-order valence-electron chi connectivity index (χ1n) is 9.66. The Morgan fingerprint density at radius 1 is 1.11 bits per heavy atom. The molecule has 1 amide bonds. The van der Waals surface area contributed by atoms with Crippen LogP contribution in [0.15, 0.2) is 54.7 Å². The van der Waals surface area contributed by atoms with Gasteiger partial charge < -0.3 is 9.64 Å². The Kier molecular flexibility index (Phi) is 5.01. The lowest BCUT2D eigenvalue weighted by atomic mass is 10.0. The van der Waals surface area contributed by atoms with Gasteiger partial charge in [0.05, 0.1) is 24.0 Å². The summed E-state index contributed by atoms with van der Waals surface area (Å²) >= 11 is 0. The zero-order valence-corrected chi connectivity index (χ0v) is 16.6. The van der Waals surface area contributed by atoms with E-state index in [2.05, 4.69) is 26.0 Å². The van der Waals surface area contributed by atoms with Gasteiger partial charge in [0.15, 0.2) is 0 Å². The fourth-order valence-electron chi connectivity index (χ4n) is 3.52. The summed E-state index contributed by atoms with van der Waals surface area (Å²) in [5.41, 5.74) is 5.65. The molecule has 1 saturated heterocycles. The number of nitrogens with zero attached hydrogens (tertiary/aromatic N) is 3. The van der Waals surface area contributed by atoms with E-state index in [1.54, 1.807) is 4.68 Å². The number of hydrogen-bond donors (Lipinski definition) is 0. The van der Waals surface area contributed by atoms with Crippen molar-refractivity contribution < 1.29 is 9.53 Å². The van der Waals surface area contributed by atoms with E-state index in [-0.39, 0.29) is 12.0 Å². The van der Waals surface area contributed by atoms with Crippen molar-refractivity contribution in [1.82, 2.24) is 14.7 Å². The van der Waals surface area contributed by atoms with Gasteiger partial charge in [0.25, 0.3) is 5.91 Å². The molecule has 5 heteroatoms. The molecule has 2 heterocycles. The highest BCUT2D eigenvalue weighted by Crippen LogP contribution is 2.27. The lowest BCUT2D eigenvalue weighted by Crippen LogP contribution is -2.44. The van der Waals surface area contributed by atoms with Crippen LogP contribution in [0.5, 0.6) is 0 Å². The second kappa shape index (κ2) is 7.60. The van der Waals surface area contributed by atoms with Gasteiger partial charge in [0.1, 0.15) is 5.69 Å². The molecule has 1 aliphatic rings. The van der Waals surface area contributed by atoms with Crippen LogP contribution in [-0.4, -0.2) is 46.4 Å². The van der Waals surface area contributed by atoms with Crippen LogP contribution in [0.25, 0.3) is 16.9 Å². The van der Waals surface area contributed by atoms with E-state index in [0.29, 0.717) is 25.3 Å². The quantitative estimate of drug-likeness (QED) is 0.695. The predicted molar refractivity (Wildman–Crippen MR) is 110 cm³/mol. The average Bonchev–Trinajstić information content (AvgIpc) is 3.15. The van der Waals surface area contributed by atoms with Crippen LogP contribution in [0.1, 0.15) is 28.4 Å². The molecular formula is C23H25N3O2. The fourth-order valence-corrected chi connectivity index (χ4v) is 3.52. The largest absolute Gasteiger partial charge is 0.375 e. The van der Waals surface area contributed by atoms with Crippen molar-refractivity contribution in [1.29, 1.82) is 0 Å². The van der Waals surface area contributed by atoms with Crippen molar-refractivity contribution in [2.75, 3.05) is 19.7 Å². The summed E-state index contributed by atoms with van der Waals surface area (Å²) in [6.07, 6.45) is 1.90. The third-order valence-corrected chi connectivity index (χ3v) is 5.27. The standard InChI is InChI=1S/C23H25N3O2/c1-16-9-10-19(13-17(16)2)22-21(23(27)25-11-12-28-18(3)14-25)15-26(24-22)20-7-5-4-6-8-20/h4-10,13,15,18H,11-12,14H2,1-3H3. The molecule has 1 atom stereocenters. The van der Waals surface area contributed by atoms with Crippen molar-refractivity contribution >= 4 is 5.91 Å². The summed E-state index contributed by atoms with van der Waals surface area (Å²) in [5.74, 6) is 0.00515. The van der Waals surface area contributed by atoms with Crippen molar-refractivity contribution in [2.45, 2.75) is 26.9 Å². The number of benzene rings is 2. The summed E-state index contributed by atoms with van der Waals surface area (Å²) in [6.45, 7) is 7.94. The second-order valence-electron chi connectivity index (χ2n) is 7.40. The van der Waals surface area contributed by atoms with Crippen molar-refractivity contribution in [2.24, 2.45) is 0 Å². The predicted octanol–water partition coefficient (Wildman–Crippen LogP) is 4.02. The highest BCUT2D eigenvalue weighted by Gasteiger charge is 2.27. The molecule has 5 nitrogen and oxygen atoms in total. The molecule has 144 valence electrons. The monoisotopic (exact) mass is 375 g/mol. The summed E-state index contributed by atoms with van der Waals surface area (Å²) in [7, 11) is 0. The number of amides is 1. The van der Waals surface area contributed by atoms with Crippen LogP contribution in [0, 0.1) is 13.8 Å². The molecule has 1 fully saturated rings. The van der Waals surface area contributed by atoms with Gasteiger partial charge in [-0.3, -0.25) is 4.79 Å². The van der Waals surface area contributed by atoms with Crippen LogP contribution in [0.2, 0.25) is 0 Å². The van der Waals surface area contributed by atoms with Crippen molar-refractivity contribution in [3.63, 3.8) is 0 Å². The lowest BCUT2D eigenvalue weighted by Gasteiger charge is -2.31.